The van der Waals surface area contributed by atoms with Gasteiger partial charge in [0.1, 0.15) is 0 Å². The number of nitrogens with zero attached hydrogens (tertiary/aromatic N) is 2. The topological polar surface area (TPSA) is 49.6 Å². The van der Waals surface area contributed by atoms with Gasteiger partial charge >= 0.3 is 0 Å². The third kappa shape index (κ3) is 4.25. The number of amides is 1. The molecule has 0 aromatic heterocycles. The Labute approximate surface area is 111 Å². The predicted molar refractivity (Wildman–Crippen MR) is 75.4 cm³/mol. The van der Waals surface area contributed by atoms with Crippen LogP contribution in [-0.2, 0) is 4.79 Å². The first-order valence-corrected chi connectivity index (χ1v) is 7.38. The van der Waals surface area contributed by atoms with Crippen LogP contribution in [0.4, 0.5) is 0 Å². The molecular formula is C14H29N3O. The molecule has 0 aromatic rings. The summed E-state index contributed by atoms with van der Waals surface area (Å²) < 4.78 is 0. The average Bonchev–Trinajstić information content (AvgIpc) is 2.37. The number of piperidine rings is 1. The molecule has 1 fully saturated rings. The highest BCUT2D eigenvalue weighted by atomic mass is 16.2. The number of rotatable bonds is 7. The van der Waals surface area contributed by atoms with Gasteiger partial charge in [-0.25, -0.2) is 0 Å². The van der Waals surface area contributed by atoms with Crippen molar-refractivity contribution >= 4 is 5.91 Å². The van der Waals surface area contributed by atoms with Crippen molar-refractivity contribution in [3.8, 4) is 0 Å². The van der Waals surface area contributed by atoms with Crippen LogP contribution in [0.1, 0.15) is 46.5 Å². The maximum atomic E-state index is 12.0. The van der Waals surface area contributed by atoms with Crippen LogP contribution >= 0.6 is 0 Å². The summed E-state index contributed by atoms with van der Waals surface area (Å²) in [6.07, 6.45) is 4.13. The smallest absolute Gasteiger partial charge is 0.239 e. The van der Waals surface area contributed by atoms with Gasteiger partial charge in [0.15, 0.2) is 0 Å². The molecular weight excluding hydrogens is 226 g/mol. The number of hydrogen-bond acceptors (Lipinski definition) is 3. The lowest BCUT2D eigenvalue weighted by Crippen LogP contribution is -2.51. The Morgan fingerprint density at radius 3 is 2.72 bits per heavy atom. The van der Waals surface area contributed by atoms with Gasteiger partial charge in [0, 0.05) is 12.6 Å². The number of carbonyl (C=O) groups excluding carboxylic acids is 1. The van der Waals surface area contributed by atoms with Crippen LogP contribution in [-0.4, -0.2) is 54.0 Å². The van der Waals surface area contributed by atoms with Gasteiger partial charge < -0.3 is 15.5 Å². The van der Waals surface area contributed by atoms with E-state index in [9.17, 15) is 4.79 Å². The van der Waals surface area contributed by atoms with Crippen molar-refractivity contribution in [2.24, 2.45) is 5.73 Å². The predicted octanol–water partition coefficient (Wildman–Crippen LogP) is 1.45. The van der Waals surface area contributed by atoms with E-state index in [0.29, 0.717) is 6.04 Å². The zero-order valence-electron chi connectivity index (χ0n) is 12.2. The highest BCUT2D eigenvalue weighted by Crippen LogP contribution is 2.16. The second-order valence-electron chi connectivity index (χ2n) is 5.30. The van der Waals surface area contributed by atoms with E-state index in [1.807, 2.05) is 4.90 Å². The third-order valence-electron chi connectivity index (χ3n) is 4.04. The molecule has 2 N–H and O–H groups in total. The van der Waals surface area contributed by atoms with Crippen molar-refractivity contribution in [2.75, 3.05) is 26.2 Å². The highest BCUT2D eigenvalue weighted by Gasteiger charge is 2.28. The van der Waals surface area contributed by atoms with Crippen molar-refractivity contribution in [2.45, 2.75) is 58.5 Å². The highest BCUT2D eigenvalue weighted by molar-refractivity contribution is 5.82. The van der Waals surface area contributed by atoms with Crippen LogP contribution in [0.2, 0.25) is 0 Å². The molecule has 1 saturated heterocycles. The molecule has 4 nitrogen and oxygen atoms in total. The lowest BCUT2D eigenvalue weighted by Gasteiger charge is -2.35. The second kappa shape index (κ2) is 7.74. The summed E-state index contributed by atoms with van der Waals surface area (Å²) in [5.41, 5.74) is 5.83. The Kier molecular flexibility index (Phi) is 6.65. The van der Waals surface area contributed by atoms with Crippen molar-refractivity contribution in [3.63, 3.8) is 0 Å². The van der Waals surface area contributed by atoms with E-state index in [1.54, 1.807) is 0 Å². The third-order valence-corrected chi connectivity index (χ3v) is 4.04. The van der Waals surface area contributed by atoms with Gasteiger partial charge in [0.2, 0.25) is 5.91 Å². The fraction of sp³-hybridized carbons (Fsp3) is 0.929. The lowest BCUT2D eigenvalue weighted by atomic mass is 10.0. The number of hydrogen-bond donors (Lipinski definition) is 1. The fourth-order valence-corrected chi connectivity index (χ4v) is 2.67. The Hall–Kier alpha value is -0.610. The van der Waals surface area contributed by atoms with Crippen molar-refractivity contribution in [1.29, 1.82) is 0 Å². The minimum atomic E-state index is -0.260. The summed E-state index contributed by atoms with van der Waals surface area (Å²) >= 11 is 0. The van der Waals surface area contributed by atoms with Gasteiger partial charge in [-0.1, -0.05) is 13.8 Å². The SMILES string of the molecule is CCN(CC)CCCC(C)N1CCCC(N)C1=O. The average molecular weight is 255 g/mol. The molecule has 1 amide bonds. The summed E-state index contributed by atoms with van der Waals surface area (Å²) in [5, 5.41) is 0. The molecule has 0 aliphatic carbocycles. The Morgan fingerprint density at radius 1 is 1.44 bits per heavy atom. The number of nitrogens with two attached hydrogens (primary N) is 1. The molecule has 1 aliphatic rings. The van der Waals surface area contributed by atoms with E-state index >= 15 is 0 Å². The summed E-state index contributed by atoms with van der Waals surface area (Å²) in [5.74, 6) is 0.150. The molecule has 1 rings (SSSR count). The van der Waals surface area contributed by atoms with Crippen LogP contribution < -0.4 is 5.73 Å². The maximum Gasteiger partial charge on any atom is 0.239 e. The summed E-state index contributed by atoms with van der Waals surface area (Å²) in [6.45, 7) is 10.8. The van der Waals surface area contributed by atoms with Gasteiger partial charge in [0.25, 0.3) is 0 Å². The maximum absolute atomic E-state index is 12.0. The molecule has 2 atom stereocenters. The summed E-state index contributed by atoms with van der Waals surface area (Å²) in [7, 11) is 0. The minimum absolute atomic E-state index is 0.150. The molecule has 1 aliphatic heterocycles. The zero-order chi connectivity index (χ0) is 13.5. The van der Waals surface area contributed by atoms with Crippen LogP contribution in [0.25, 0.3) is 0 Å². The van der Waals surface area contributed by atoms with Gasteiger partial charge in [-0.2, -0.15) is 0 Å². The van der Waals surface area contributed by atoms with Gasteiger partial charge in [-0.3, -0.25) is 4.79 Å². The van der Waals surface area contributed by atoms with E-state index < -0.39 is 0 Å². The van der Waals surface area contributed by atoms with E-state index in [-0.39, 0.29) is 11.9 Å². The van der Waals surface area contributed by atoms with Crippen molar-refractivity contribution in [3.05, 3.63) is 0 Å². The van der Waals surface area contributed by atoms with Crippen LogP contribution in [0.3, 0.4) is 0 Å². The first-order valence-electron chi connectivity index (χ1n) is 7.38. The first-order chi connectivity index (χ1) is 8.60. The quantitative estimate of drug-likeness (QED) is 0.749. The fourth-order valence-electron chi connectivity index (χ4n) is 2.67. The normalized spacial score (nSPS) is 22.6. The number of likely N-dealkylation sites (tertiary alicyclic amines) is 1. The monoisotopic (exact) mass is 255 g/mol. The van der Waals surface area contributed by atoms with E-state index in [2.05, 4.69) is 25.7 Å². The molecule has 0 radical (unpaired) electrons. The summed E-state index contributed by atoms with van der Waals surface area (Å²) in [4.78, 5) is 16.4. The van der Waals surface area contributed by atoms with E-state index in [1.165, 1.54) is 0 Å². The van der Waals surface area contributed by atoms with Crippen molar-refractivity contribution in [1.82, 2.24) is 9.80 Å². The standard InChI is InChI=1S/C14H29N3O/c1-4-16(5-2)10-6-8-12(3)17-11-7-9-13(15)14(17)18/h12-13H,4-11,15H2,1-3H3. The second-order valence-corrected chi connectivity index (χ2v) is 5.30. The van der Waals surface area contributed by atoms with E-state index in [4.69, 9.17) is 5.73 Å². The zero-order valence-corrected chi connectivity index (χ0v) is 12.2. The molecule has 2 unspecified atom stereocenters. The first kappa shape index (κ1) is 15.4. The Balaban J connectivity index is 2.31. The molecule has 0 spiro atoms. The van der Waals surface area contributed by atoms with Crippen LogP contribution in [0.5, 0.6) is 0 Å². The molecule has 18 heavy (non-hydrogen) atoms. The molecule has 0 saturated carbocycles. The molecule has 1 heterocycles. The summed E-state index contributed by atoms with van der Waals surface area (Å²) in [6, 6.07) is 0.0726. The number of carbonyl (C=O) groups is 1. The van der Waals surface area contributed by atoms with Crippen LogP contribution in [0.15, 0.2) is 0 Å². The molecule has 106 valence electrons. The van der Waals surface area contributed by atoms with Gasteiger partial charge in [-0.15, -0.1) is 0 Å². The van der Waals surface area contributed by atoms with E-state index in [0.717, 1.165) is 51.9 Å². The molecule has 4 heteroatoms. The van der Waals surface area contributed by atoms with Gasteiger partial charge in [-0.05, 0) is 52.2 Å². The molecule has 0 bridgehead atoms. The molecule has 0 aromatic carbocycles. The van der Waals surface area contributed by atoms with Gasteiger partial charge in [0.05, 0.1) is 6.04 Å². The Bertz CT molecular complexity index is 253. The minimum Gasteiger partial charge on any atom is -0.339 e. The van der Waals surface area contributed by atoms with Crippen LogP contribution in [0, 0.1) is 0 Å². The van der Waals surface area contributed by atoms with Crippen molar-refractivity contribution < 1.29 is 4.79 Å². The largest absolute Gasteiger partial charge is 0.339 e. The lowest BCUT2D eigenvalue weighted by molar-refractivity contribution is -0.137. The Morgan fingerprint density at radius 2 is 2.11 bits per heavy atom.